The average molecular weight is 338 g/mol. The van der Waals surface area contributed by atoms with Crippen molar-refractivity contribution in [2.75, 3.05) is 5.32 Å². The molecule has 0 spiro atoms. The van der Waals surface area contributed by atoms with Crippen LogP contribution in [-0.4, -0.2) is 29.8 Å². The summed E-state index contributed by atoms with van der Waals surface area (Å²) in [6.45, 7) is 0.550. The van der Waals surface area contributed by atoms with E-state index in [0.29, 0.717) is 23.2 Å². The summed E-state index contributed by atoms with van der Waals surface area (Å²) >= 11 is 6.17. The van der Waals surface area contributed by atoms with Gasteiger partial charge in [-0.05, 0) is 24.3 Å². The van der Waals surface area contributed by atoms with Crippen LogP contribution in [0.2, 0.25) is 5.15 Å². The molecule has 0 aliphatic carbocycles. The molecule has 0 saturated heterocycles. The van der Waals surface area contributed by atoms with E-state index in [0.717, 1.165) is 16.9 Å². The molecule has 0 saturated carbocycles. The molecule has 0 radical (unpaired) electrons. The first-order valence-electron chi connectivity index (χ1n) is 7.27. The lowest BCUT2D eigenvalue weighted by atomic mass is 10.2. The van der Waals surface area contributed by atoms with Gasteiger partial charge in [-0.3, -0.25) is 9.97 Å². The molecular formula is C16H12ClN7. The van der Waals surface area contributed by atoms with Crippen molar-refractivity contribution in [2.24, 2.45) is 0 Å². The summed E-state index contributed by atoms with van der Waals surface area (Å²) in [6, 6.07) is 11.2. The lowest BCUT2D eigenvalue weighted by Crippen LogP contribution is -2.05. The van der Waals surface area contributed by atoms with Crippen molar-refractivity contribution in [1.29, 1.82) is 0 Å². The first-order chi connectivity index (χ1) is 11.8. The number of nitrogens with one attached hydrogen (secondary N) is 1. The maximum atomic E-state index is 6.17. The SMILES string of the molecule is Clc1cc(NCc2ccccn2)c2nnc(-c3ccncc3)n2n1. The Kier molecular flexibility index (Phi) is 3.76. The second kappa shape index (κ2) is 6.21. The molecule has 0 aliphatic heterocycles. The maximum Gasteiger partial charge on any atom is 0.201 e. The molecule has 118 valence electrons. The van der Waals surface area contributed by atoms with Gasteiger partial charge in [0.2, 0.25) is 5.65 Å². The van der Waals surface area contributed by atoms with Gasteiger partial charge < -0.3 is 5.32 Å². The Hall–Kier alpha value is -3.06. The molecule has 7 nitrogen and oxygen atoms in total. The number of anilines is 1. The van der Waals surface area contributed by atoms with Gasteiger partial charge in [0.1, 0.15) is 0 Å². The Morgan fingerprint density at radius 2 is 1.92 bits per heavy atom. The minimum Gasteiger partial charge on any atom is -0.376 e. The summed E-state index contributed by atoms with van der Waals surface area (Å²) in [4.78, 5) is 8.30. The van der Waals surface area contributed by atoms with Gasteiger partial charge >= 0.3 is 0 Å². The number of aromatic nitrogens is 6. The molecule has 0 atom stereocenters. The van der Waals surface area contributed by atoms with Gasteiger partial charge in [-0.1, -0.05) is 17.7 Å². The van der Waals surface area contributed by atoms with Crippen molar-refractivity contribution in [3.8, 4) is 11.4 Å². The maximum absolute atomic E-state index is 6.17. The molecule has 24 heavy (non-hydrogen) atoms. The number of pyridine rings is 2. The van der Waals surface area contributed by atoms with Crippen LogP contribution in [0, 0.1) is 0 Å². The monoisotopic (exact) mass is 337 g/mol. The zero-order valence-corrected chi connectivity index (χ0v) is 13.2. The van der Waals surface area contributed by atoms with Crippen LogP contribution in [0.25, 0.3) is 17.0 Å². The molecule has 0 amide bonds. The zero-order chi connectivity index (χ0) is 16.4. The fourth-order valence-corrected chi connectivity index (χ4v) is 2.53. The molecule has 4 aromatic heterocycles. The Balaban J connectivity index is 1.73. The third-order valence-corrected chi connectivity index (χ3v) is 3.65. The Bertz CT molecular complexity index is 970. The molecule has 0 aliphatic rings. The van der Waals surface area contributed by atoms with Crippen LogP contribution in [0.3, 0.4) is 0 Å². The smallest absolute Gasteiger partial charge is 0.201 e. The summed E-state index contributed by atoms with van der Waals surface area (Å²) in [7, 11) is 0. The summed E-state index contributed by atoms with van der Waals surface area (Å²) in [5.41, 5.74) is 3.12. The van der Waals surface area contributed by atoms with Crippen molar-refractivity contribution in [3.05, 3.63) is 65.8 Å². The third-order valence-electron chi connectivity index (χ3n) is 3.47. The van der Waals surface area contributed by atoms with Crippen LogP contribution in [0.4, 0.5) is 5.69 Å². The van der Waals surface area contributed by atoms with Crippen molar-refractivity contribution < 1.29 is 0 Å². The number of nitrogens with zero attached hydrogens (tertiary/aromatic N) is 6. The second-order valence-corrected chi connectivity index (χ2v) is 5.44. The summed E-state index contributed by atoms with van der Waals surface area (Å²) in [5, 5.41) is 16.4. The van der Waals surface area contributed by atoms with E-state index in [1.165, 1.54) is 0 Å². The summed E-state index contributed by atoms with van der Waals surface area (Å²) in [5.74, 6) is 0.607. The quantitative estimate of drug-likeness (QED) is 0.616. The molecule has 4 rings (SSSR count). The highest BCUT2D eigenvalue weighted by molar-refractivity contribution is 6.29. The topological polar surface area (TPSA) is 80.9 Å². The van der Waals surface area contributed by atoms with E-state index in [2.05, 4.69) is 30.6 Å². The molecular weight excluding hydrogens is 326 g/mol. The average Bonchev–Trinajstić information content (AvgIpc) is 3.05. The lowest BCUT2D eigenvalue weighted by Gasteiger charge is -2.07. The molecule has 0 aromatic carbocycles. The van der Waals surface area contributed by atoms with Crippen molar-refractivity contribution in [2.45, 2.75) is 6.54 Å². The van der Waals surface area contributed by atoms with Crippen molar-refractivity contribution >= 4 is 22.9 Å². The van der Waals surface area contributed by atoms with Gasteiger partial charge in [-0.25, -0.2) is 0 Å². The molecule has 8 heteroatoms. The third kappa shape index (κ3) is 2.77. The highest BCUT2D eigenvalue weighted by Gasteiger charge is 2.14. The number of halogens is 1. The number of fused-ring (bicyclic) bond motifs is 1. The van der Waals surface area contributed by atoms with Gasteiger partial charge in [-0.2, -0.15) is 9.61 Å². The van der Waals surface area contributed by atoms with Gasteiger partial charge in [0, 0.05) is 30.2 Å². The van der Waals surface area contributed by atoms with Crippen LogP contribution in [0.5, 0.6) is 0 Å². The van der Waals surface area contributed by atoms with Crippen LogP contribution < -0.4 is 5.32 Å². The number of hydrogen-bond donors (Lipinski definition) is 1. The van der Waals surface area contributed by atoms with E-state index in [9.17, 15) is 0 Å². The fraction of sp³-hybridized carbons (Fsp3) is 0.0625. The fourth-order valence-electron chi connectivity index (χ4n) is 2.35. The van der Waals surface area contributed by atoms with Crippen molar-refractivity contribution in [3.63, 3.8) is 0 Å². The summed E-state index contributed by atoms with van der Waals surface area (Å²) in [6.07, 6.45) is 5.15. The van der Waals surface area contributed by atoms with Crippen molar-refractivity contribution in [1.82, 2.24) is 29.8 Å². The molecule has 4 heterocycles. The molecule has 0 bridgehead atoms. The van der Waals surface area contributed by atoms with E-state index in [1.807, 2.05) is 30.3 Å². The molecule has 0 unspecified atom stereocenters. The van der Waals surface area contributed by atoms with Gasteiger partial charge in [0.25, 0.3) is 0 Å². The first kappa shape index (κ1) is 14.5. The van der Waals surface area contributed by atoms with Crippen LogP contribution in [-0.2, 0) is 6.54 Å². The zero-order valence-electron chi connectivity index (χ0n) is 12.5. The Morgan fingerprint density at radius 3 is 2.71 bits per heavy atom. The normalized spacial score (nSPS) is 10.9. The number of hydrogen-bond acceptors (Lipinski definition) is 6. The second-order valence-electron chi connectivity index (χ2n) is 5.05. The summed E-state index contributed by atoms with van der Waals surface area (Å²) < 4.78 is 1.62. The van der Waals surface area contributed by atoms with Gasteiger partial charge in [0.05, 0.1) is 17.9 Å². The number of rotatable bonds is 4. The standard InChI is InChI=1S/C16H12ClN7/c17-14-9-13(20-10-12-3-1-2-6-19-12)16-22-21-15(24(16)23-14)11-4-7-18-8-5-11/h1-9,20H,10H2. The Morgan fingerprint density at radius 1 is 1.04 bits per heavy atom. The van der Waals surface area contributed by atoms with E-state index in [-0.39, 0.29) is 0 Å². The lowest BCUT2D eigenvalue weighted by molar-refractivity contribution is 0.932. The van der Waals surface area contributed by atoms with Crippen LogP contribution >= 0.6 is 11.6 Å². The first-order valence-corrected chi connectivity index (χ1v) is 7.65. The highest BCUT2D eigenvalue weighted by atomic mass is 35.5. The largest absolute Gasteiger partial charge is 0.376 e. The van der Waals surface area contributed by atoms with E-state index < -0.39 is 0 Å². The minimum atomic E-state index is 0.348. The van der Waals surface area contributed by atoms with Gasteiger partial charge in [-0.15, -0.1) is 10.2 Å². The molecule has 0 fully saturated rings. The minimum absolute atomic E-state index is 0.348. The van der Waals surface area contributed by atoms with E-state index >= 15 is 0 Å². The molecule has 1 N–H and O–H groups in total. The van der Waals surface area contributed by atoms with Gasteiger partial charge in [0.15, 0.2) is 11.0 Å². The predicted octanol–water partition coefficient (Wildman–Crippen LogP) is 2.85. The van der Waals surface area contributed by atoms with Crippen LogP contribution in [0.1, 0.15) is 5.69 Å². The van der Waals surface area contributed by atoms with E-state index in [4.69, 9.17) is 11.6 Å². The molecule has 4 aromatic rings. The van der Waals surface area contributed by atoms with E-state index in [1.54, 1.807) is 29.2 Å². The Labute approximate surface area is 142 Å². The highest BCUT2D eigenvalue weighted by Crippen LogP contribution is 2.23. The predicted molar refractivity (Wildman–Crippen MR) is 90.6 cm³/mol. The van der Waals surface area contributed by atoms with Crippen LogP contribution in [0.15, 0.2) is 55.0 Å².